The van der Waals surface area contributed by atoms with Crippen LogP contribution in [0.3, 0.4) is 0 Å². The van der Waals surface area contributed by atoms with Crippen LogP contribution in [0.4, 0.5) is 0 Å². The summed E-state index contributed by atoms with van der Waals surface area (Å²) in [6, 6.07) is 0. The fourth-order valence-electron chi connectivity index (χ4n) is 0. The van der Waals surface area contributed by atoms with Gasteiger partial charge in [-0.2, -0.15) is 0 Å². The normalized spacial score (nSPS) is 6.71. The van der Waals surface area contributed by atoms with Crippen molar-refractivity contribution in [3.8, 4) is 0 Å². The van der Waals surface area contributed by atoms with Crippen molar-refractivity contribution in [1.29, 1.82) is 0 Å². The predicted molar refractivity (Wildman–Crippen MR) is 24.0 cm³/mol. The van der Waals surface area contributed by atoms with Crippen LogP contribution in [0.2, 0.25) is 0 Å². The molecule has 0 aliphatic carbocycles. The van der Waals surface area contributed by atoms with Crippen molar-refractivity contribution in [2.24, 2.45) is 0 Å². The molecule has 0 unspecified atom stereocenters. The van der Waals surface area contributed by atoms with Gasteiger partial charge < -0.3 is 5.11 Å². The molecule has 0 aromatic carbocycles. The quantitative estimate of drug-likeness (QED) is 0.243. The van der Waals surface area contributed by atoms with Gasteiger partial charge in [0.05, 0.1) is 0 Å². The molecule has 0 heterocycles. The third-order valence-corrected chi connectivity index (χ3v) is 0.704. The van der Waals surface area contributed by atoms with Gasteiger partial charge in [0.25, 0.3) is 0 Å². The molecule has 0 bridgehead atoms. The summed E-state index contributed by atoms with van der Waals surface area (Å²) in [6.45, 7) is 5.18. The van der Waals surface area contributed by atoms with Crippen LogP contribution in [0.25, 0.3) is 0 Å². The van der Waals surface area contributed by atoms with Gasteiger partial charge in [0.1, 0.15) is 0 Å². The molecule has 0 amide bonds. The van der Waals surface area contributed by atoms with E-state index in [-0.39, 0.29) is 24.6 Å². The molecule has 7 heavy (non-hydrogen) atoms. The maximum Gasteiger partial charge on any atom is 1.00 e. The molecule has 0 aromatic heterocycles. The molecule has 0 atom stereocenters. The van der Waals surface area contributed by atoms with Gasteiger partial charge in [-0.3, -0.25) is 0 Å². The summed E-state index contributed by atoms with van der Waals surface area (Å²) in [5, 5.41) is 10.1. The average molecular weight is 92.1 g/mol. The van der Waals surface area contributed by atoms with Gasteiger partial charge in [0.2, 0.25) is 0 Å². The van der Waals surface area contributed by atoms with Crippen LogP contribution in [-0.4, -0.2) is 0 Å². The first-order valence-corrected chi connectivity index (χ1v) is 1.95. The minimum absolute atomic E-state index is 0. The second-order valence-corrected chi connectivity index (χ2v) is 1.56. The fourth-order valence-corrected chi connectivity index (χ4v) is 0. The van der Waals surface area contributed by atoms with E-state index < -0.39 is 0 Å². The van der Waals surface area contributed by atoms with E-state index in [1.807, 2.05) is 13.8 Å². The molecule has 0 radical (unpaired) electrons. The third-order valence-electron chi connectivity index (χ3n) is 0.704. The number of allylic oxidation sites excluding steroid dienone is 2. The zero-order chi connectivity index (χ0) is 5.15. The predicted octanol–water partition coefficient (Wildman–Crippen LogP) is -2.34. The van der Waals surface area contributed by atoms with E-state index in [1.54, 1.807) is 6.92 Å². The van der Waals surface area contributed by atoms with Crippen molar-refractivity contribution >= 4 is 0 Å². The molecule has 0 aliphatic rings. The van der Waals surface area contributed by atoms with Crippen LogP contribution in [0.5, 0.6) is 0 Å². The molecule has 2 heteroatoms. The van der Waals surface area contributed by atoms with Crippen LogP contribution in [-0.2, 0) is 0 Å². The number of hydrogen-bond donors (Lipinski definition) is 0. The molecule has 1 nitrogen and oxygen atoms in total. The summed E-state index contributed by atoms with van der Waals surface area (Å²) in [4.78, 5) is 0. The van der Waals surface area contributed by atoms with E-state index in [1.165, 1.54) is 0 Å². The number of rotatable bonds is 0. The maximum absolute atomic E-state index is 10.1. The molecular weight excluding hydrogens is 83.0 g/mol. The molecule has 0 N–H and O–H groups in total. The minimum atomic E-state index is 0. The Bertz CT molecular complexity index is 58.1. The Morgan fingerprint density at radius 2 is 1.29 bits per heavy atom. The van der Waals surface area contributed by atoms with Crippen LogP contribution < -0.4 is 24.0 Å². The molecular formula is C5H9LiO. The SMILES string of the molecule is CC(C)=C(C)[O-].[Li+]. The Morgan fingerprint density at radius 1 is 1.14 bits per heavy atom. The Hall–Kier alpha value is 0.137. The molecule has 0 saturated carbocycles. The number of hydrogen-bond acceptors (Lipinski definition) is 1. The molecule has 0 aliphatic heterocycles. The summed E-state index contributed by atoms with van der Waals surface area (Å²) in [5.74, 6) is 0.176. The van der Waals surface area contributed by atoms with E-state index in [0.29, 0.717) is 0 Å². The standard InChI is InChI=1S/C5H10O.Li/c1-4(2)5(3)6;/h6H,1-3H3;/q;+1/p-1. The Labute approximate surface area is 56.6 Å². The van der Waals surface area contributed by atoms with Crippen LogP contribution >= 0.6 is 0 Å². The fraction of sp³-hybridized carbons (Fsp3) is 0.600. The topological polar surface area (TPSA) is 23.1 Å². The first-order valence-electron chi connectivity index (χ1n) is 1.95. The van der Waals surface area contributed by atoms with Gasteiger partial charge in [-0.25, -0.2) is 0 Å². The van der Waals surface area contributed by atoms with E-state index in [2.05, 4.69) is 0 Å². The van der Waals surface area contributed by atoms with E-state index in [4.69, 9.17) is 0 Å². The Balaban J connectivity index is 0. The Kier molecular flexibility index (Phi) is 6.26. The monoisotopic (exact) mass is 92.1 g/mol. The summed E-state index contributed by atoms with van der Waals surface area (Å²) in [7, 11) is 0. The molecule has 0 saturated heterocycles. The summed E-state index contributed by atoms with van der Waals surface area (Å²) in [6.07, 6.45) is 0. The molecule has 0 rings (SSSR count). The summed E-state index contributed by atoms with van der Waals surface area (Å²) < 4.78 is 0. The first kappa shape index (κ1) is 10.2. The van der Waals surface area contributed by atoms with Crippen molar-refractivity contribution in [1.82, 2.24) is 0 Å². The molecule has 0 fully saturated rings. The van der Waals surface area contributed by atoms with Gasteiger partial charge in [-0.15, -0.1) is 5.76 Å². The zero-order valence-corrected chi connectivity index (χ0v) is 5.41. The van der Waals surface area contributed by atoms with Gasteiger partial charge >= 0.3 is 18.9 Å². The van der Waals surface area contributed by atoms with Crippen LogP contribution in [0, 0.1) is 0 Å². The first-order chi connectivity index (χ1) is 2.64. The van der Waals surface area contributed by atoms with Crippen LogP contribution in [0.15, 0.2) is 11.3 Å². The summed E-state index contributed by atoms with van der Waals surface area (Å²) in [5.41, 5.74) is 0.870. The minimum Gasteiger partial charge on any atom is -0.876 e. The van der Waals surface area contributed by atoms with Crippen LogP contribution in [0.1, 0.15) is 20.8 Å². The van der Waals surface area contributed by atoms with Crippen molar-refractivity contribution in [2.75, 3.05) is 0 Å². The maximum atomic E-state index is 10.1. The van der Waals surface area contributed by atoms with Crippen molar-refractivity contribution in [3.05, 3.63) is 11.3 Å². The van der Waals surface area contributed by atoms with Crippen molar-refractivity contribution < 1.29 is 24.0 Å². The smallest absolute Gasteiger partial charge is 0.876 e. The van der Waals surface area contributed by atoms with E-state index in [9.17, 15) is 5.11 Å². The summed E-state index contributed by atoms with van der Waals surface area (Å²) >= 11 is 0. The van der Waals surface area contributed by atoms with Gasteiger partial charge in [-0.05, 0) is 13.8 Å². The van der Waals surface area contributed by atoms with Crippen molar-refractivity contribution in [3.63, 3.8) is 0 Å². The third kappa shape index (κ3) is 6.14. The largest absolute Gasteiger partial charge is 1.00 e. The molecule has 36 valence electrons. The molecule has 0 aromatic rings. The van der Waals surface area contributed by atoms with Crippen molar-refractivity contribution in [2.45, 2.75) is 20.8 Å². The Morgan fingerprint density at radius 3 is 1.29 bits per heavy atom. The van der Waals surface area contributed by atoms with Gasteiger partial charge in [0, 0.05) is 0 Å². The van der Waals surface area contributed by atoms with E-state index >= 15 is 0 Å². The van der Waals surface area contributed by atoms with Gasteiger partial charge in [0.15, 0.2) is 0 Å². The average Bonchev–Trinajstić information content (AvgIpc) is 1.36. The van der Waals surface area contributed by atoms with E-state index in [0.717, 1.165) is 5.57 Å². The molecule has 0 spiro atoms. The zero-order valence-electron chi connectivity index (χ0n) is 5.41. The van der Waals surface area contributed by atoms with Gasteiger partial charge in [-0.1, -0.05) is 12.5 Å². The second kappa shape index (κ2) is 4.30. The second-order valence-electron chi connectivity index (χ2n) is 1.56.